The first-order valence-corrected chi connectivity index (χ1v) is 7.53. The lowest BCUT2D eigenvalue weighted by molar-refractivity contribution is 0.0600. The number of aryl methyl sites for hydroxylation is 1. The van der Waals surface area contributed by atoms with Crippen LogP contribution >= 0.6 is 0 Å². The van der Waals surface area contributed by atoms with Gasteiger partial charge in [0.2, 0.25) is 0 Å². The van der Waals surface area contributed by atoms with E-state index in [1.807, 2.05) is 25.1 Å². The SMILES string of the molecule is COC(=O)c1ccc(CN(C)C(=O)c2ccc(C)c(OC)c2)cc1. The first-order chi connectivity index (χ1) is 11.5. The average molecular weight is 327 g/mol. The first-order valence-electron chi connectivity index (χ1n) is 7.53. The minimum Gasteiger partial charge on any atom is -0.496 e. The number of methoxy groups -OCH3 is 2. The molecule has 5 heteroatoms. The Hall–Kier alpha value is -2.82. The summed E-state index contributed by atoms with van der Waals surface area (Å²) in [5, 5.41) is 0. The van der Waals surface area contributed by atoms with E-state index in [2.05, 4.69) is 4.74 Å². The van der Waals surface area contributed by atoms with Gasteiger partial charge in [-0.3, -0.25) is 4.79 Å². The molecule has 0 saturated carbocycles. The fourth-order valence-electron chi connectivity index (χ4n) is 2.38. The van der Waals surface area contributed by atoms with E-state index in [9.17, 15) is 9.59 Å². The summed E-state index contributed by atoms with van der Waals surface area (Å²) in [5.41, 5.74) is 2.97. The van der Waals surface area contributed by atoms with E-state index in [1.54, 1.807) is 43.3 Å². The van der Waals surface area contributed by atoms with Gasteiger partial charge in [0, 0.05) is 19.2 Å². The van der Waals surface area contributed by atoms with Crippen LogP contribution < -0.4 is 4.74 Å². The second-order valence-corrected chi connectivity index (χ2v) is 5.53. The maximum Gasteiger partial charge on any atom is 0.337 e. The van der Waals surface area contributed by atoms with Gasteiger partial charge in [-0.15, -0.1) is 0 Å². The van der Waals surface area contributed by atoms with E-state index < -0.39 is 0 Å². The molecule has 0 heterocycles. The highest BCUT2D eigenvalue weighted by Crippen LogP contribution is 2.20. The van der Waals surface area contributed by atoms with Crippen LogP contribution in [0.2, 0.25) is 0 Å². The van der Waals surface area contributed by atoms with Crippen LogP contribution in [0.3, 0.4) is 0 Å². The second-order valence-electron chi connectivity index (χ2n) is 5.53. The minimum atomic E-state index is -0.377. The first kappa shape index (κ1) is 17.5. The third-order valence-corrected chi connectivity index (χ3v) is 3.80. The van der Waals surface area contributed by atoms with Gasteiger partial charge < -0.3 is 14.4 Å². The number of carbonyl (C=O) groups excluding carboxylic acids is 2. The van der Waals surface area contributed by atoms with E-state index in [0.29, 0.717) is 23.4 Å². The van der Waals surface area contributed by atoms with E-state index in [-0.39, 0.29) is 11.9 Å². The summed E-state index contributed by atoms with van der Waals surface area (Å²) >= 11 is 0. The van der Waals surface area contributed by atoms with Crippen molar-refractivity contribution >= 4 is 11.9 Å². The molecule has 0 fully saturated rings. The maximum absolute atomic E-state index is 12.5. The van der Waals surface area contributed by atoms with Crippen LogP contribution in [0.1, 0.15) is 31.8 Å². The molecule has 0 aliphatic carbocycles. The molecule has 0 aliphatic rings. The average Bonchev–Trinajstić information content (AvgIpc) is 2.61. The molecule has 2 aromatic carbocycles. The summed E-state index contributed by atoms with van der Waals surface area (Å²) in [6.45, 7) is 2.37. The van der Waals surface area contributed by atoms with Gasteiger partial charge in [-0.1, -0.05) is 18.2 Å². The van der Waals surface area contributed by atoms with Crippen LogP contribution in [0.25, 0.3) is 0 Å². The van der Waals surface area contributed by atoms with Crippen molar-refractivity contribution in [3.8, 4) is 5.75 Å². The summed E-state index contributed by atoms with van der Waals surface area (Å²) in [5.74, 6) is 0.222. The summed E-state index contributed by atoms with van der Waals surface area (Å²) in [7, 11) is 4.67. The van der Waals surface area contributed by atoms with Crippen LogP contribution in [0, 0.1) is 6.92 Å². The van der Waals surface area contributed by atoms with Crippen molar-refractivity contribution in [3.63, 3.8) is 0 Å². The monoisotopic (exact) mass is 327 g/mol. The Morgan fingerprint density at radius 1 is 1.00 bits per heavy atom. The molecule has 0 N–H and O–H groups in total. The molecule has 0 bridgehead atoms. The zero-order valence-electron chi connectivity index (χ0n) is 14.3. The molecular weight excluding hydrogens is 306 g/mol. The molecule has 0 atom stereocenters. The molecular formula is C19H21NO4. The lowest BCUT2D eigenvalue weighted by Gasteiger charge is -2.18. The zero-order valence-corrected chi connectivity index (χ0v) is 14.3. The standard InChI is InChI=1S/C19H21NO4/c1-13-5-8-16(11-17(13)23-3)18(21)20(2)12-14-6-9-15(10-7-14)19(22)24-4/h5-11H,12H2,1-4H3. The molecule has 0 spiro atoms. The molecule has 2 aromatic rings. The summed E-state index contributed by atoms with van der Waals surface area (Å²) in [6.07, 6.45) is 0. The topological polar surface area (TPSA) is 55.8 Å². The fourth-order valence-corrected chi connectivity index (χ4v) is 2.38. The van der Waals surface area contributed by atoms with Gasteiger partial charge in [0.25, 0.3) is 5.91 Å². The van der Waals surface area contributed by atoms with Crippen LogP contribution in [0.15, 0.2) is 42.5 Å². The van der Waals surface area contributed by atoms with Gasteiger partial charge in [0.1, 0.15) is 5.75 Å². The lowest BCUT2D eigenvalue weighted by atomic mass is 10.1. The molecule has 24 heavy (non-hydrogen) atoms. The third kappa shape index (κ3) is 3.93. The quantitative estimate of drug-likeness (QED) is 0.792. The molecule has 0 saturated heterocycles. The Balaban J connectivity index is 2.10. The molecule has 126 valence electrons. The van der Waals surface area contributed by atoms with E-state index in [4.69, 9.17) is 4.74 Å². The number of carbonyl (C=O) groups is 2. The third-order valence-electron chi connectivity index (χ3n) is 3.80. The summed E-state index contributed by atoms with van der Waals surface area (Å²) < 4.78 is 9.93. The number of hydrogen-bond donors (Lipinski definition) is 0. The van der Waals surface area contributed by atoms with Gasteiger partial charge in [0.15, 0.2) is 0 Å². The minimum absolute atomic E-state index is 0.0923. The van der Waals surface area contributed by atoms with Gasteiger partial charge in [-0.05, 0) is 42.3 Å². The Morgan fingerprint density at radius 2 is 1.62 bits per heavy atom. The Labute approximate surface area is 141 Å². The Bertz CT molecular complexity index is 738. The molecule has 0 unspecified atom stereocenters. The van der Waals surface area contributed by atoms with Crippen LogP contribution in [-0.2, 0) is 11.3 Å². The largest absolute Gasteiger partial charge is 0.496 e. The fraction of sp³-hybridized carbons (Fsp3) is 0.263. The molecule has 5 nitrogen and oxygen atoms in total. The van der Waals surface area contributed by atoms with Crippen molar-refractivity contribution in [2.75, 3.05) is 21.3 Å². The molecule has 1 amide bonds. The Kier molecular flexibility index (Phi) is 5.58. The number of rotatable bonds is 5. The molecule has 2 rings (SSSR count). The number of nitrogens with zero attached hydrogens (tertiary/aromatic N) is 1. The maximum atomic E-state index is 12.5. The smallest absolute Gasteiger partial charge is 0.337 e. The van der Waals surface area contributed by atoms with Gasteiger partial charge in [0.05, 0.1) is 19.8 Å². The highest BCUT2D eigenvalue weighted by molar-refractivity contribution is 5.94. The van der Waals surface area contributed by atoms with Crippen molar-refractivity contribution in [1.82, 2.24) is 4.90 Å². The number of ether oxygens (including phenoxy) is 2. The zero-order chi connectivity index (χ0) is 17.7. The van der Waals surface area contributed by atoms with Crippen molar-refractivity contribution in [2.45, 2.75) is 13.5 Å². The summed E-state index contributed by atoms with van der Waals surface area (Å²) in [6, 6.07) is 12.4. The van der Waals surface area contributed by atoms with Crippen LogP contribution in [0.5, 0.6) is 5.75 Å². The van der Waals surface area contributed by atoms with Crippen LogP contribution in [-0.4, -0.2) is 38.0 Å². The number of esters is 1. The number of amides is 1. The van der Waals surface area contributed by atoms with Crippen LogP contribution in [0.4, 0.5) is 0 Å². The second kappa shape index (κ2) is 7.64. The van der Waals surface area contributed by atoms with Gasteiger partial charge in [-0.25, -0.2) is 4.79 Å². The number of hydrogen-bond acceptors (Lipinski definition) is 4. The van der Waals surface area contributed by atoms with Gasteiger partial charge >= 0.3 is 5.97 Å². The summed E-state index contributed by atoms with van der Waals surface area (Å²) in [4.78, 5) is 25.6. The van der Waals surface area contributed by atoms with E-state index in [1.165, 1.54) is 7.11 Å². The normalized spacial score (nSPS) is 10.2. The van der Waals surface area contributed by atoms with E-state index >= 15 is 0 Å². The predicted molar refractivity (Wildman–Crippen MR) is 91.3 cm³/mol. The van der Waals surface area contributed by atoms with Crippen molar-refractivity contribution in [1.29, 1.82) is 0 Å². The molecule has 0 aliphatic heterocycles. The Morgan fingerprint density at radius 3 is 2.21 bits per heavy atom. The highest BCUT2D eigenvalue weighted by atomic mass is 16.5. The highest BCUT2D eigenvalue weighted by Gasteiger charge is 2.14. The van der Waals surface area contributed by atoms with Crippen molar-refractivity contribution in [3.05, 3.63) is 64.7 Å². The van der Waals surface area contributed by atoms with Crippen molar-refractivity contribution < 1.29 is 19.1 Å². The van der Waals surface area contributed by atoms with E-state index in [0.717, 1.165) is 11.1 Å². The predicted octanol–water partition coefficient (Wildman–Crippen LogP) is 3.06. The van der Waals surface area contributed by atoms with Crippen molar-refractivity contribution in [2.24, 2.45) is 0 Å². The van der Waals surface area contributed by atoms with Gasteiger partial charge in [-0.2, -0.15) is 0 Å². The molecule has 0 radical (unpaired) electrons. The molecule has 0 aromatic heterocycles. The lowest BCUT2D eigenvalue weighted by Crippen LogP contribution is -2.26. The number of benzene rings is 2.